The van der Waals surface area contributed by atoms with Gasteiger partial charge in [-0.15, -0.1) is 0 Å². The molecule has 0 aliphatic carbocycles. The largest absolute Gasteiger partial charge is 0.386 e. The number of benzene rings is 1. The van der Waals surface area contributed by atoms with Crippen LogP contribution in [0.2, 0.25) is 0 Å². The molecule has 0 aliphatic heterocycles. The number of aliphatic hydroxyl groups excluding tert-OH is 1. The molecule has 1 N–H and O–H groups in total. The van der Waals surface area contributed by atoms with Crippen molar-refractivity contribution in [1.82, 2.24) is 9.78 Å². The van der Waals surface area contributed by atoms with Crippen molar-refractivity contribution in [3.05, 3.63) is 53.9 Å². The number of hydrogen-bond donors (Lipinski definition) is 1. The second-order valence-corrected chi connectivity index (χ2v) is 3.67. The van der Waals surface area contributed by atoms with E-state index in [4.69, 9.17) is 0 Å². The molecular formula is C12H14N2O. The minimum absolute atomic E-state index is 0.495. The first-order valence-corrected chi connectivity index (χ1v) is 4.98. The summed E-state index contributed by atoms with van der Waals surface area (Å²) < 4.78 is 1.76. The minimum atomic E-state index is -0.495. The highest BCUT2D eigenvalue weighted by atomic mass is 16.3. The van der Waals surface area contributed by atoms with Crippen molar-refractivity contribution in [1.29, 1.82) is 0 Å². The van der Waals surface area contributed by atoms with Crippen molar-refractivity contribution in [2.75, 3.05) is 0 Å². The van der Waals surface area contributed by atoms with E-state index < -0.39 is 6.10 Å². The zero-order valence-corrected chi connectivity index (χ0v) is 8.67. The lowest BCUT2D eigenvalue weighted by atomic mass is 10.1. The van der Waals surface area contributed by atoms with Gasteiger partial charge in [0.15, 0.2) is 0 Å². The summed E-state index contributed by atoms with van der Waals surface area (Å²) in [7, 11) is 0. The van der Waals surface area contributed by atoms with Gasteiger partial charge < -0.3 is 5.11 Å². The molecule has 3 nitrogen and oxygen atoms in total. The normalized spacial score (nSPS) is 12.7. The highest BCUT2D eigenvalue weighted by Crippen LogP contribution is 2.13. The average Bonchev–Trinajstić information content (AvgIpc) is 2.65. The summed E-state index contributed by atoms with van der Waals surface area (Å²) in [5.74, 6) is 0. The quantitative estimate of drug-likeness (QED) is 0.825. The van der Waals surface area contributed by atoms with Gasteiger partial charge in [0.1, 0.15) is 0 Å². The van der Waals surface area contributed by atoms with Crippen molar-refractivity contribution in [3.63, 3.8) is 0 Å². The predicted octanol–water partition coefficient (Wildman–Crippen LogP) is 1.93. The monoisotopic (exact) mass is 202 g/mol. The topological polar surface area (TPSA) is 38.0 Å². The summed E-state index contributed by atoms with van der Waals surface area (Å²) in [6, 6.07) is 9.62. The third-order valence-corrected chi connectivity index (χ3v) is 2.31. The van der Waals surface area contributed by atoms with Gasteiger partial charge in [0, 0.05) is 6.20 Å². The summed E-state index contributed by atoms with van der Waals surface area (Å²) in [6.07, 6.45) is 3.22. The maximum Gasteiger partial charge on any atom is 0.0985 e. The van der Waals surface area contributed by atoms with Gasteiger partial charge in [-0.05, 0) is 18.1 Å². The SMILES string of the molecule is Cc1cnn(CC(O)c2ccccc2)c1. The van der Waals surface area contributed by atoms with Gasteiger partial charge in [0.25, 0.3) is 0 Å². The van der Waals surface area contributed by atoms with E-state index in [0.29, 0.717) is 6.54 Å². The number of aryl methyl sites for hydroxylation is 1. The Labute approximate surface area is 89.0 Å². The van der Waals surface area contributed by atoms with Gasteiger partial charge in [-0.25, -0.2) is 0 Å². The highest BCUT2D eigenvalue weighted by Gasteiger charge is 2.07. The van der Waals surface area contributed by atoms with E-state index in [9.17, 15) is 5.11 Å². The second-order valence-electron chi connectivity index (χ2n) is 3.67. The van der Waals surface area contributed by atoms with E-state index in [2.05, 4.69) is 5.10 Å². The van der Waals surface area contributed by atoms with Gasteiger partial charge in [-0.1, -0.05) is 30.3 Å². The maximum atomic E-state index is 9.92. The van der Waals surface area contributed by atoms with Gasteiger partial charge in [0.05, 0.1) is 18.8 Å². The lowest BCUT2D eigenvalue weighted by Gasteiger charge is -2.10. The Kier molecular flexibility index (Phi) is 2.83. The summed E-state index contributed by atoms with van der Waals surface area (Å²) in [6.45, 7) is 2.48. The van der Waals surface area contributed by atoms with Crippen LogP contribution in [0.3, 0.4) is 0 Å². The van der Waals surface area contributed by atoms with Crippen molar-refractivity contribution in [2.45, 2.75) is 19.6 Å². The summed E-state index contributed by atoms with van der Waals surface area (Å²) in [4.78, 5) is 0. The van der Waals surface area contributed by atoms with Crippen LogP contribution in [0.1, 0.15) is 17.2 Å². The van der Waals surface area contributed by atoms with E-state index in [1.54, 1.807) is 10.9 Å². The molecule has 0 spiro atoms. The van der Waals surface area contributed by atoms with Gasteiger partial charge in [-0.2, -0.15) is 5.10 Å². The van der Waals surface area contributed by atoms with E-state index >= 15 is 0 Å². The zero-order valence-electron chi connectivity index (χ0n) is 8.67. The molecule has 2 aromatic rings. The highest BCUT2D eigenvalue weighted by molar-refractivity contribution is 5.17. The van der Waals surface area contributed by atoms with Crippen LogP contribution in [0, 0.1) is 6.92 Å². The molecule has 15 heavy (non-hydrogen) atoms. The molecule has 0 amide bonds. The third kappa shape index (κ3) is 2.44. The fourth-order valence-corrected chi connectivity index (χ4v) is 1.52. The molecule has 0 aliphatic rings. The van der Waals surface area contributed by atoms with Gasteiger partial charge >= 0.3 is 0 Å². The first-order valence-electron chi connectivity index (χ1n) is 4.98. The molecule has 0 bridgehead atoms. The van der Waals surface area contributed by atoms with E-state index in [1.165, 1.54) is 0 Å². The Morgan fingerprint density at radius 2 is 2.07 bits per heavy atom. The molecule has 0 radical (unpaired) electrons. The molecule has 1 aromatic carbocycles. The van der Waals surface area contributed by atoms with Crippen molar-refractivity contribution >= 4 is 0 Å². The summed E-state index contributed by atoms with van der Waals surface area (Å²) in [5.41, 5.74) is 2.03. The van der Waals surface area contributed by atoms with Crippen LogP contribution < -0.4 is 0 Å². The molecule has 78 valence electrons. The number of nitrogens with zero attached hydrogens (tertiary/aromatic N) is 2. The van der Waals surface area contributed by atoms with Gasteiger partial charge in [-0.3, -0.25) is 4.68 Å². The van der Waals surface area contributed by atoms with Crippen LogP contribution in [0.25, 0.3) is 0 Å². The van der Waals surface area contributed by atoms with E-state index in [0.717, 1.165) is 11.1 Å². The molecule has 1 atom stereocenters. The zero-order chi connectivity index (χ0) is 10.7. The molecule has 1 aromatic heterocycles. The van der Waals surface area contributed by atoms with Crippen LogP contribution in [-0.4, -0.2) is 14.9 Å². The Hall–Kier alpha value is -1.61. The minimum Gasteiger partial charge on any atom is -0.386 e. The molecule has 2 rings (SSSR count). The van der Waals surface area contributed by atoms with Crippen molar-refractivity contribution in [3.8, 4) is 0 Å². The van der Waals surface area contributed by atoms with Gasteiger partial charge in [0.2, 0.25) is 0 Å². The van der Waals surface area contributed by atoms with Crippen LogP contribution >= 0.6 is 0 Å². The Morgan fingerprint density at radius 1 is 1.33 bits per heavy atom. The summed E-state index contributed by atoms with van der Waals surface area (Å²) >= 11 is 0. The molecular weight excluding hydrogens is 188 g/mol. The fourth-order valence-electron chi connectivity index (χ4n) is 1.52. The predicted molar refractivity (Wildman–Crippen MR) is 58.4 cm³/mol. The Balaban J connectivity index is 2.07. The standard InChI is InChI=1S/C12H14N2O/c1-10-7-13-14(8-10)9-12(15)11-5-3-2-4-6-11/h2-8,12,15H,9H2,1H3. The fraction of sp³-hybridized carbons (Fsp3) is 0.250. The van der Waals surface area contributed by atoms with E-state index in [1.807, 2.05) is 43.5 Å². The number of aromatic nitrogens is 2. The number of hydrogen-bond acceptors (Lipinski definition) is 2. The molecule has 0 saturated carbocycles. The van der Waals surface area contributed by atoms with Crippen LogP contribution in [0.15, 0.2) is 42.7 Å². The van der Waals surface area contributed by atoms with Crippen molar-refractivity contribution < 1.29 is 5.11 Å². The number of rotatable bonds is 3. The van der Waals surface area contributed by atoms with E-state index in [-0.39, 0.29) is 0 Å². The molecule has 0 saturated heterocycles. The van der Waals surface area contributed by atoms with Crippen LogP contribution in [0.4, 0.5) is 0 Å². The summed E-state index contributed by atoms with van der Waals surface area (Å²) in [5, 5.41) is 14.1. The van der Waals surface area contributed by atoms with Crippen molar-refractivity contribution in [2.24, 2.45) is 0 Å². The Morgan fingerprint density at radius 3 is 2.67 bits per heavy atom. The molecule has 1 heterocycles. The maximum absolute atomic E-state index is 9.92. The first kappa shape index (κ1) is 9.93. The lowest BCUT2D eigenvalue weighted by Crippen LogP contribution is -2.08. The molecule has 0 fully saturated rings. The number of aliphatic hydroxyl groups is 1. The molecule has 1 unspecified atom stereocenters. The lowest BCUT2D eigenvalue weighted by molar-refractivity contribution is 0.151. The Bertz CT molecular complexity index is 422. The molecule has 3 heteroatoms. The first-order chi connectivity index (χ1) is 7.25. The van der Waals surface area contributed by atoms with Crippen LogP contribution in [0.5, 0.6) is 0 Å². The van der Waals surface area contributed by atoms with Crippen LogP contribution in [-0.2, 0) is 6.54 Å². The smallest absolute Gasteiger partial charge is 0.0985 e. The third-order valence-electron chi connectivity index (χ3n) is 2.31. The average molecular weight is 202 g/mol. The second kappa shape index (κ2) is 4.28.